The maximum Gasteiger partial charge on any atom is 0.258 e. The summed E-state index contributed by atoms with van der Waals surface area (Å²) in [6.07, 6.45) is 0.459. The average Bonchev–Trinajstić information content (AvgIpc) is 2.27. The van der Waals surface area contributed by atoms with Crippen molar-refractivity contribution in [2.45, 2.75) is 38.8 Å². The molecule has 0 saturated heterocycles. The summed E-state index contributed by atoms with van der Waals surface area (Å²) in [5.41, 5.74) is 11.9. The maximum absolute atomic E-state index is 11.2. The normalized spacial score (nSPS) is 14.0. The van der Waals surface area contributed by atoms with Crippen molar-refractivity contribution >= 4 is 17.5 Å². The lowest BCUT2D eigenvalue weighted by molar-refractivity contribution is -0.124. The van der Waals surface area contributed by atoms with Crippen LogP contribution in [0.1, 0.15) is 25.8 Å². The molecule has 2 atom stereocenters. The molecule has 4 nitrogen and oxygen atoms in total. The monoisotopic (exact) mass is 270 g/mol. The molecule has 0 aliphatic carbocycles. The standard InChI is InChI=1S/C13H19ClN2O2/c1-3-11(13(16)17)18-12-9(7-8(2)15)5-4-6-10(12)14/h4-6,8,11H,3,7,15H2,1-2H3,(H2,16,17). The van der Waals surface area contributed by atoms with Crippen molar-refractivity contribution in [2.75, 3.05) is 0 Å². The van der Waals surface area contributed by atoms with Crippen molar-refractivity contribution in [1.29, 1.82) is 0 Å². The minimum Gasteiger partial charge on any atom is -0.479 e. The summed E-state index contributed by atoms with van der Waals surface area (Å²) in [5.74, 6) is 0.00582. The van der Waals surface area contributed by atoms with E-state index in [4.69, 9.17) is 27.8 Å². The summed E-state index contributed by atoms with van der Waals surface area (Å²) in [7, 11) is 0. The van der Waals surface area contributed by atoms with Gasteiger partial charge in [0.1, 0.15) is 5.75 Å². The number of nitrogens with two attached hydrogens (primary N) is 2. The summed E-state index contributed by atoms with van der Waals surface area (Å²) in [4.78, 5) is 11.2. The van der Waals surface area contributed by atoms with E-state index in [1.54, 1.807) is 6.07 Å². The molecule has 1 rings (SSSR count). The van der Waals surface area contributed by atoms with Gasteiger partial charge in [-0.3, -0.25) is 4.79 Å². The first kappa shape index (κ1) is 14.8. The molecule has 0 aliphatic heterocycles. The molecule has 0 radical (unpaired) electrons. The van der Waals surface area contributed by atoms with Gasteiger partial charge < -0.3 is 16.2 Å². The van der Waals surface area contributed by atoms with Gasteiger partial charge in [0.2, 0.25) is 0 Å². The van der Waals surface area contributed by atoms with Crippen LogP contribution >= 0.6 is 11.6 Å². The molecule has 0 saturated carbocycles. The molecule has 1 amide bonds. The molecular formula is C13H19ClN2O2. The molecule has 100 valence electrons. The number of hydrogen-bond donors (Lipinski definition) is 2. The van der Waals surface area contributed by atoms with E-state index in [-0.39, 0.29) is 6.04 Å². The number of carbonyl (C=O) groups is 1. The number of para-hydroxylation sites is 1. The lowest BCUT2D eigenvalue weighted by Gasteiger charge is -2.19. The second-order valence-electron chi connectivity index (χ2n) is 4.33. The van der Waals surface area contributed by atoms with E-state index in [0.29, 0.717) is 23.6 Å². The van der Waals surface area contributed by atoms with Crippen molar-refractivity contribution in [3.05, 3.63) is 28.8 Å². The zero-order valence-electron chi connectivity index (χ0n) is 10.7. The largest absolute Gasteiger partial charge is 0.479 e. The highest BCUT2D eigenvalue weighted by Gasteiger charge is 2.19. The number of carbonyl (C=O) groups excluding carboxylic acids is 1. The van der Waals surface area contributed by atoms with E-state index in [1.165, 1.54) is 0 Å². The average molecular weight is 271 g/mol. The van der Waals surface area contributed by atoms with Crippen LogP contribution in [0.5, 0.6) is 5.75 Å². The molecule has 18 heavy (non-hydrogen) atoms. The van der Waals surface area contributed by atoms with Crippen molar-refractivity contribution < 1.29 is 9.53 Å². The van der Waals surface area contributed by atoms with Crippen molar-refractivity contribution in [3.63, 3.8) is 0 Å². The number of primary amides is 1. The third kappa shape index (κ3) is 3.89. The van der Waals surface area contributed by atoms with Crippen LogP contribution in [0, 0.1) is 0 Å². The number of hydrogen-bond acceptors (Lipinski definition) is 3. The number of rotatable bonds is 6. The van der Waals surface area contributed by atoms with Crippen LogP contribution in [0.2, 0.25) is 5.02 Å². The van der Waals surface area contributed by atoms with Gasteiger partial charge in [0.25, 0.3) is 5.91 Å². The van der Waals surface area contributed by atoms with E-state index in [0.717, 1.165) is 5.56 Å². The van der Waals surface area contributed by atoms with Gasteiger partial charge in [-0.2, -0.15) is 0 Å². The Hall–Kier alpha value is -1.26. The fraction of sp³-hybridized carbons (Fsp3) is 0.462. The molecule has 2 unspecified atom stereocenters. The van der Waals surface area contributed by atoms with Crippen molar-refractivity contribution in [1.82, 2.24) is 0 Å². The second kappa shape index (κ2) is 6.61. The number of ether oxygens (including phenoxy) is 1. The highest BCUT2D eigenvalue weighted by atomic mass is 35.5. The Morgan fingerprint density at radius 1 is 1.50 bits per heavy atom. The van der Waals surface area contributed by atoms with E-state index in [9.17, 15) is 4.79 Å². The molecule has 5 heteroatoms. The number of halogens is 1. The lowest BCUT2D eigenvalue weighted by Crippen LogP contribution is -2.33. The predicted octanol–water partition coefficient (Wildman–Crippen LogP) is 1.87. The van der Waals surface area contributed by atoms with Gasteiger partial charge in [-0.05, 0) is 31.4 Å². The van der Waals surface area contributed by atoms with Crippen LogP contribution in [-0.2, 0) is 11.2 Å². The highest BCUT2D eigenvalue weighted by molar-refractivity contribution is 6.32. The van der Waals surface area contributed by atoms with Gasteiger partial charge in [0, 0.05) is 6.04 Å². The third-order valence-electron chi connectivity index (χ3n) is 2.54. The van der Waals surface area contributed by atoms with Gasteiger partial charge in [-0.1, -0.05) is 30.7 Å². The van der Waals surface area contributed by atoms with Gasteiger partial charge in [-0.15, -0.1) is 0 Å². The fourth-order valence-corrected chi connectivity index (χ4v) is 1.92. The van der Waals surface area contributed by atoms with Gasteiger partial charge in [0.05, 0.1) is 5.02 Å². The summed E-state index contributed by atoms with van der Waals surface area (Å²) < 4.78 is 5.63. The summed E-state index contributed by atoms with van der Waals surface area (Å²) in [5, 5.41) is 0.466. The Morgan fingerprint density at radius 3 is 2.67 bits per heavy atom. The SMILES string of the molecule is CCC(Oc1c(Cl)cccc1CC(C)N)C(N)=O. The van der Waals surface area contributed by atoms with Crippen LogP contribution in [0.15, 0.2) is 18.2 Å². The molecule has 0 fully saturated rings. The Balaban J connectivity index is 3.01. The molecule has 0 bridgehead atoms. The predicted molar refractivity (Wildman–Crippen MR) is 72.7 cm³/mol. The fourth-order valence-electron chi connectivity index (χ4n) is 1.68. The van der Waals surface area contributed by atoms with Crippen LogP contribution in [-0.4, -0.2) is 18.1 Å². The van der Waals surface area contributed by atoms with Gasteiger partial charge in [-0.25, -0.2) is 0 Å². The first-order chi connectivity index (χ1) is 8.45. The Labute approximate surface area is 112 Å². The Kier molecular flexibility index (Phi) is 5.44. The first-order valence-electron chi connectivity index (χ1n) is 5.94. The summed E-state index contributed by atoms with van der Waals surface area (Å²) in [6, 6.07) is 5.42. The van der Waals surface area contributed by atoms with Crippen molar-refractivity contribution in [3.8, 4) is 5.75 Å². The smallest absolute Gasteiger partial charge is 0.258 e. The molecule has 0 heterocycles. The first-order valence-corrected chi connectivity index (χ1v) is 6.32. The molecule has 1 aromatic rings. The second-order valence-corrected chi connectivity index (χ2v) is 4.73. The highest BCUT2D eigenvalue weighted by Crippen LogP contribution is 2.30. The van der Waals surface area contributed by atoms with Crippen LogP contribution in [0.3, 0.4) is 0 Å². The third-order valence-corrected chi connectivity index (χ3v) is 2.84. The zero-order chi connectivity index (χ0) is 13.7. The minimum atomic E-state index is -0.670. The minimum absolute atomic E-state index is 0.0144. The summed E-state index contributed by atoms with van der Waals surface area (Å²) >= 11 is 6.10. The molecule has 4 N–H and O–H groups in total. The summed E-state index contributed by atoms with van der Waals surface area (Å²) in [6.45, 7) is 3.73. The van der Waals surface area contributed by atoms with E-state index in [2.05, 4.69) is 0 Å². The van der Waals surface area contributed by atoms with Crippen molar-refractivity contribution in [2.24, 2.45) is 11.5 Å². The molecule has 0 spiro atoms. The topological polar surface area (TPSA) is 78.3 Å². The lowest BCUT2D eigenvalue weighted by atomic mass is 10.1. The van der Waals surface area contributed by atoms with E-state index in [1.807, 2.05) is 26.0 Å². The Bertz CT molecular complexity index is 421. The number of benzene rings is 1. The van der Waals surface area contributed by atoms with Crippen LogP contribution in [0.4, 0.5) is 0 Å². The number of amides is 1. The van der Waals surface area contributed by atoms with E-state index >= 15 is 0 Å². The molecular weight excluding hydrogens is 252 g/mol. The maximum atomic E-state index is 11.2. The van der Waals surface area contributed by atoms with E-state index < -0.39 is 12.0 Å². The van der Waals surface area contributed by atoms with Crippen LogP contribution in [0.25, 0.3) is 0 Å². The Morgan fingerprint density at radius 2 is 2.17 bits per heavy atom. The zero-order valence-corrected chi connectivity index (χ0v) is 11.4. The van der Waals surface area contributed by atoms with Gasteiger partial charge >= 0.3 is 0 Å². The quantitative estimate of drug-likeness (QED) is 0.828. The molecule has 0 aliphatic rings. The van der Waals surface area contributed by atoms with Crippen LogP contribution < -0.4 is 16.2 Å². The molecule has 1 aromatic carbocycles. The van der Waals surface area contributed by atoms with Gasteiger partial charge in [0.15, 0.2) is 6.10 Å². The molecule has 0 aromatic heterocycles.